The number of aromatic carboxylic acids is 1. The van der Waals surface area contributed by atoms with Crippen LogP contribution in [0.25, 0.3) is 0 Å². The van der Waals surface area contributed by atoms with E-state index in [0.717, 1.165) is 23.8 Å². The highest BCUT2D eigenvalue weighted by atomic mass is 35.5. The van der Waals surface area contributed by atoms with Gasteiger partial charge in [-0.15, -0.1) is 0 Å². The Morgan fingerprint density at radius 3 is 2.83 bits per heavy atom. The van der Waals surface area contributed by atoms with Gasteiger partial charge in [-0.05, 0) is 43.7 Å². The highest BCUT2D eigenvalue weighted by molar-refractivity contribution is 7.99. The van der Waals surface area contributed by atoms with Crippen LogP contribution in [0.15, 0.2) is 18.2 Å². The molecule has 0 bridgehead atoms. The summed E-state index contributed by atoms with van der Waals surface area (Å²) in [6.07, 6.45) is 5.69. The summed E-state index contributed by atoms with van der Waals surface area (Å²) in [6.45, 7) is 0. The summed E-state index contributed by atoms with van der Waals surface area (Å²) in [5, 5.41) is 13.3. The van der Waals surface area contributed by atoms with Crippen LogP contribution in [0.1, 0.15) is 29.6 Å². The molecule has 3 nitrogen and oxygen atoms in total. The van der Waals surface area contributed by atoms with Gasteiger partial charge in [-0.2, -0.15) is 11.8 Å². The van der Waals surface area contributed by atoms with Crippen molar-refractivity contribution < 1.29 is 9.90 Å². The zero-order valence-electron chi connectivity index (χ0n) is 10.1. The Morgan fingerprint density at radius 1 is 1.50 bits per heavy atom. The van der Waals surface area contributed by atoms with Gasteiger partial charge in [-0.25, -0.2) is 4.79 Å². The quantitative estimate of drug-likeness (QED) is 0.885. The fraction of sp³-hybridized carbons (Fsp3) is 0.462. The topological polar surface area (TPSA) is 49.3 Å². The van der Waals surface area contributed by atoms with Crippen LogP contribution in [0.5, 0.6) is 0 Å². The Bertz CT molecular complexity index is 453. The molecule has 1 aliphatic rings. The molecule has 1 aliphatic carbocycles. The number of anilines is 1. The summed E-state index contributed by atoms with van der Waals surface area (Å²) in [4.78, 5) is 10.9. The van der Waals surface area contributed by atoms with Gasteiger partial charge in [0.15, 0.2) is 0 Å². The minimum Gasteiger partial charge on any atom is -0.478 e. The van der Waals surface area contributed by atoms with Crippen molar-refractivity contribution in [3.63, 3.8) is 0 Å². The molecule has 2 N–H and O–H groups in total. The van der Waals surface area contributed by atoms with Gasteiger partial charge >= 0.3 is 5.97 Å². The van der Waals surface area contributed by atoms with Gasteiger partial charge in [-0.3, -0.25) is 0 Å². The van der Waals surface area contributed by atoms with E-state index in [2.05, 4.69) is 11.6 Å². The van der Waals surface area contributed by atoms with Crippen molar-refractivity contribution in [1.29, 1.82) is 0 Å². The van der Waals surface area contributed by atoms with Gasteiger partial charge in [0.25, 0.3) is 0 Å². The number of carboxylic acid groups (broad SMARTS) is 1. The number of hydrogen-bond acceptors (Lipinski definition) is 3. The third-order valence-corrected chi connectivity index (χ3v) is 4.70. The molecule has 2 atom stereocenters. The first-order valence-corrected chi connectivity index (χ1v) is 7.59. The van der Waals surface area contributed by atoms with Crippen molar-refractivity contribution in [2.75, 3.05) is 11.6 Å². The molecule has 0 heterocycles. The highest BCUT2D eigenvalue weighted by Crippen LogP contribution is 2.31. The lowest BCUT2D eigenvalue weighted by molar-refractivity contribution is 0.0697. The molecule has 2 unspecified atom stereocenters. The predicted molar refractivity (Wildman–Crippen MR) is 77.0 cm³/mol. The Hall–Kier alpha value is -0.870. The number of hydrogen-bond donors (Lipinski definition) is 2. The van der Waals surface area contributed by atoms with Crippen LogP contribution in [-0.2, 0) is 0 Å². The Labute approximate surface area is 116 Å². The van der Waals surface area contributed by atoms with E-state index in [1.54, 1.807) is 18.2 Å². The molecule has 5 heteroatoms. The largest absolute Gasteiger partial charge is 0.478 e. The lowest BCUT2D eigenvalue weighted by Gasteiger charge is -2.15. The van der Waals surface area contributed by atoms with Gasteiger partial charge < -0.3 is 10.4 Å². The number of rotatable bonds is 4. The molecule has 1 aromatic carbocycles. The Balaban J connectivity index is 2.02. The second kappa shape index (κ2) is 5.85. The van der Waals surface area contributed by atoms with Crippen LogP contribution >= 0.6 is 23.4 Å². The first kappa shape index (κ1) is 13.6. The molecule has 1 saturated carbocycles. The molecule has 1 fully saturated rings. The molecule has 0 amide bonds. The second-order valence-electron chi connectivity index (χ2n) is 4.51. The minimum absolute atomic E-state index is 0.149. The van der Waals surface area contributed by atoms with Crippen molar-refractivity contribution in [2.45, 2.75) is 30.6 Å². The molecule has 98 valence electrons. The van der Waals surface area contributed by atoms with Crippen molar-refractivity contribution in [2.24, 2.45) is 0 Å². The summed E-state index contributed by atoms with van der Waals surface area (Å²) < 4.78 is 0. The molecule has 1 aromatic rings. The van der Waals surface area contributed by atoms with Crippen molar-refractivity contribution >= 4 is 35.0 Å². The number of benzene rings is 1. The monoisotopic (exact) mass is 285 g/mol. The van der Waals surface area contributed by atoms with Crippen LogP contribution in [0.3, 0.4) is 0 Å². The van der Waals surface area contributed by atoms with E-state index in [1.165, 1.54) is 6.42 Å². The number of carbonyl (C=O) groups is 1. The molecule has 0 aromatic heterocycles. The third kappa shape index (κ3) is 3.12. The van der Waals surface area contributed by atoms with E-state index >= 15 is 0 Å². The Kier molecular flexibility index (Phi) is 4.40. The maximum absolute atomic E-state index is 10.9. The molecular formula is C13H16ClNO2S. The lowest BCUT2D eigenvalue weighted by Crippen LogP contribution is -2.16. The average molecular weight is 286 g/mol. The first-order valence-electron chi connectivity index (χ1n) is 5.92. The van der Waals surface area contributed by atoms with Gasteiger partial charge in [0.1, 0.15) is 0 Å². The van der Waals surface area contributed by atoms with E-state index in [0.29, 0.717) is 6.04 Å². The summed E-state index contributed by atoms with van der Waals surface area (Å²) in [7, 11) is 0. The molecule has 0 radical (unpaired) electrons. The smallest absolute Gasteiger partial charge is 0.337 e. The SMILES string of the molecule is CSC1CCC(Nc2ccc(C(=O)O)c(Cl)c2)C1. The van der Waals surface area contributed by atoms with E-state index in [-0.39, 0.29) is 10.6 Å². The number of thioether (sulfide) groups is 1. The Morgan fingerprint density at radius 2 is 2.28 bits per heavy atom. The van der Waals surface area contributed by atoms with Crippen LogP contribution in [0.2, 0.25) is 5.02 Å². The fourth-order valence-electron chi connectivity index (χ4n) is 2.30. The summed E-state index contributed by atoms with van der Waals surface area (Å²) in [5.74, 6) is -0.991. The minimum atomic E-state index is -0.991. The molecular weight excluding hydrogens is 270 g/mol. The number of halogens is 1. The van der Waals surface area contributed by atoms with E-state index in [9.17, 15) is 4.79 Å². The second-order valence-corrected chi connectivity index (χ2v) is 6.06. The van der Waals surface area contributed by atoms with Crippen molar-refractivity contribution in [3.05, 3.63) is 28.8 Å². The molecule has 0 saturated heterocycles. The van der Waals surface area contributed by atoms with E-state index < -0.39 is 5.97 Å². The summed E-state index contributed by atoms with van der Waals surface area (Å²) in [6, 6.07) is 5.49. The zero-order chi connectivity index (χ0) is 13.1. The predicted octanol–water partition coefficient (Wildman–Crippen LogP) is 3.73. The summed E-state index contributed by atoms with van der Waals surface area (Å²) in [5.41, 5.74) is 1.05. The van der Waals surface area contributed by atoms with Crippen molar-refractivity contribution in [1.82, 2.24) is 0 Å². The van der Waals surface area contributed by atoms with Gasteiger partial charge in [0, 0.05) is 17.0 Å². The van der Waals surface area contributed by atoms with Gasteiger partial charge in [0.2, 0.25) is 0 Å². The maximum Gasteiger partial charge on any atom is 0.337 e. The standard InChI is InChI=1S/C13H16ClNO2S/c1-18-10-4-2-8(6-10)15-9-3-5-11(13(16)17)12(14)7-9/h3,5,7-8,10,15H,2,4,6H2,1H3,(H,16,17). The van der Waals surface area contributed by atoms with Crippen molar-refractivity contribution in [3.8, 4) is 0 Å². The number of carboxylic acids is 1. The number of nitrogens with one attached hydrogen (secondary N) is 1. The highest BCUT2D eigenvalue weighted by Gasteiger charge is 2.23. The van der Waals surface area contributed by atoms with Crippen LogP contribution < -0.4 is 5.32 Å². The van der Waals surface area contributed by atoms with Crippen LogP contribution in [0.4, 0.5) is 5.69 Å². The fourth-order valence-corrected chi connectivity index (χ4v) is 3.36. The summed E-state index contributed by atoms with van der Waals surface area (Å²) >= 11 is 7.85. The first-order chi connectivity index (χ1) is 8.60. The van der Waals surface area contributed by atoms with Gasteiger partial charge in [0.05, 0.1) is 10.6 Å². The molecule has 0 aliphatic heterocycles. The van der Waals surface area contributed by atoms with E-state index in [4.69, 9.17) is 16.7 Å². The third-order valence-electron chi connectivity index (χ3n) is 3.29. The molecule has 18 heavy (non-hydrogen) atoms. The zero-order valence-corrected chi connectivity index (χ0v) is 11.7. The van der Waals surface area contributed by atoms with Crippen LogP contribution in [0, 0.1) is 0 Å². The lowest BCUT2D eigenvalue weighted by atomic mass is 10.2. The average Bonchev–Trinajstić information content (AvgIpc) is 2.76. The van der Waals surface area contributed by atoms with Crippen LogP contribution in [-0.4, -0.2) is 28.6 Å². The molecule has 2 rings (SSSR count). The van der Waals surface area contributed by atoms with E-state index in [1.807, 2.05) is 11.8 Å². The normalized spacial score (nSPS) is 23.0. The van der Waals surface area contributed by atoms with Gasteiger partial charge in [-0.1, -0.05) is 11.6 Å². The maximum atomic E-state index is 10.9. The molecule has 0 spiro atoms.